The number of rotatable bonds is 4. The highest BCUT2D eigenvalue weighted by molar-refractivity contribution is 7.99. The number of ether oxygens (including phenoxy) is 1. The van der Waals surface area contributed by atoms with Crippen LogP contribution in [0.4, 0.5) is 0 Å². The molecule has 6 heteroatoms. The molecule has 0 atom stereocenters. The summed E-state index contributed by atoms with van der Waals surface area (Å²) in [6.07, 6.45) is 0. The number of esters is 1. The third-order valence-electron chi connectivity index (χ3n) is 2.25. The number of hydrogen-bond donors (Lipinski definition) is 1. The topological polar surface area (TPSA) is 55.0 Å². The van der Waals surface area contributed by atoms with E-state index in [1.165, 1.54) is 17.3 Å². The highest BCUT2D eigenvalue weighted by Gasteiger charge is 2.07. The SMILES string of the molecule is CCOC(=O)CSc1nc2ccc(C)cc2[nH]1.Cl. The Labute approximate surface area is 116 Å². The number of H-pyrrole nitrogens is 1. The number of benzene rings is 1. The minimum Gasteiger partial charge on any atom is -0.465 e. The van der Waals surface area contributed by atoms with Crippen LogP contribution >= 0.6 is 24.2 Å². The van der Waals surface area contributed by atoms with Gasteiger partial charge in [-0.3, -0.25) is 4.79 Å². The first kappa shape index (κ1) is 14.9. The number of nitrogens with zero attached hydrogens (tertiary/aromatic N) is 1. The van der Waals surface area contributed by atoms with Crippen molar-refractivity contribution < 1.29 is 9.53 Å². The second-order valence-electron chi connectivity index (χ2n) is 3.66. The largest absolute Gasteiger partial charge is 0.465 e. The molecule has 98 valence electrons. The smallest absolute Gasteiger partial charge is 0.316 e. The molecule has 1 aromatic carbocycles. The summed E-state index contributed by atoms with van der Waals surface area (Å²) >= 11 is 1.36. The molecule has 1 heterocycles. The Bertz CT molecular complexity index is 542. The minimum absolute atomic E-state index is 0. The maximum atomic E-state index is 11.2. The number of carbonyl (C=O) groups is 1. The molecule has 0 saturated heterocycles. The molecule has 18 heavy (non-hydrogen) atoms. The van der Waals surface area contributed by atoms with Gasteiger partial charge in [0.05, 0.1) is 23.4 Å². The molecule has 0 spiro atoms. The molecule has 4 nitrogen and oxygen atoms in total. The van der Waals surface area contributed by atoms with Crippen LogP contribution in [0.2, 0.25) is 0 Å². The number of aromatic amines is 1. The van der Waals surface area contributed by atoms with E-state index in [2.05, 4.69) is 9.97 Å². The first-order chi connectivity index (χ1) is 8.19. The van der Waals surface area contributed by atoms with Gasteiger partial charge in [-0.15, -0.1) is 12.4 Å². The van der Waals surface area contributed by atoms with Crippen LogP contribution in [0, 0.1) is 6.92 Å². The number of halogens is 1. The highest BCUT2D eigenvalue weighted by atomic mass is 35.5. The van der Waals surface area contributed by atoms with E-state index in [9.17, 15) is 4.79 Å². The number of aromatic nitrogens is 2. The quantitative estimate of drug-likeness (QED) is 0.693. The molecule has 2 aromatic rings. The number of aryl methyl sites for hydroxylation is 1. The summed E-state index contributed by atoms with van der Waals surface area (Å²) in [7, 11) is 0. The lowest BCUT2D eigenvalue weighted by atomic mass is 10.2. The predicted octanol–water partition coefficient (Wildman–Crippen LogP) is 2.95. The molecule has 0 saturated carbocycles. The maximum Gasteiger partial charge on any atom is 0.316 e. The van der Waals surface area contributed by atoms with E-state index < -0.39 is 0 Å². The first-order valence-electron chi connectivity index (χ1n) is 5.44. The van der Waals surface area contributed by atoms with Crippen molar-refractivity contribution in [2.24, 2.45) is 0 Å². The number of thioether (sulfide) groups is 1. The van der Waals surface area contributed by atoms with Gasteiger partial charge in [0, 0.05) is 0 Å². The van der Waals surface area contributed by atoms with Gasteiger partial charge in [0.2, 0.25) is 0 Å². The molecule has 0 radical (unpaired) electrons. The maximum absolute atomic E-state index is 11.2. The zero-order chi connectivity index (χ0) is 12.3. The zero-order valence-electron chi connectivity index (χ0n) is 10.2. The lowest BCUT2D eigenvalue weighted by molar-refractivity contribution is -0.139. The van der Waals surface area contributed by atoms with Crippen LogP contribution in [0.5, 0.6) is 0 Å². The van der Waals surface area contributed by atoms with Gasteiger partial charge in [-0.2, -0.15) is 0 Å². The van der Waals surface area contributed by atoms with Gasteiger partial charge in [0.1, 0.15) is 0 Å². The van der Waals surface area contributed by atoms with Crippen LogP contribution < -0.4 is 0 Å². The second kappa shape index (κ2) is 6.66. The molecule has 0 aliphatic carbocycles. The van der Waals surface area contributed by atoms with Crippen LogP contribution in [0.25, 0.3) is 11.0 Å². The fourth-order valence-corrected chi connectivity index (χ4v) is 2.18. The second-order valence-corrected chi connectivity index (χ2v) is 4.62. The van der Waals surface area contributed by atoms with Gasteiger partial charge < -0.3 is 9.72 Å². The van der Waals surface area contributed by atoms with Crippen LogP contribution in [0.1, 0.15) is 12.5 Å². The summed E-state index contributed by atoms with van der Waals surface area (Å²) in [5, 5.41) is 0.749. The fraction of sp³-hybridized carbons (Fsp3) is 0.333. The van der Waals surface area contributed by atoms with Crippen molar-refractivity contribution in [3.63, 3.8) is 0 Å². The predicted molar refractivity (Wildman–Crippen MR) is 75.4 cm³/mol. The Kier molecular flexibility index (Phi) is 5.50. The van der Waals surface area contributed by atoms with E-state index in [4.69, 9.17) is 4.74 Å². The number of nitrogens with one attached hydrogen (secondary N) is 1. The number of carbonyl (C=O) groups excluding carboxylic acids is 1. The monoisotopic (exact) mass is 286 g/mol. The minimum atomic E-state index is -0.214. The standard InChI is InChI=1S/C12H14N2O2S.ClH/c1-3-16-11(15)7-17-12-13-9-5-4-8(2)6-10(9)14-12;/h4-6H,3,7H2,1-2H3,(H,13,14);1H. The van der Waals surface area contributed by atoms with Crippen molar-refractivity contribution in [2.75, 3.05) is 12.4 Å². The van der Waals surface area contributed by atoms with Crippen molar-refractivity contribution >= 4 is 41.2 Å². The molecule has 0 unspecified atom stereocenters. The van der Waals surface area contributed by atoms with Crippen LogP contribution in [-0.4, -0.2) is 28.3 Å². The Morgan fingerprint density at radius 3 is 3.00 bits per heavy atom. The molecular formula is C12H15ClN2O2S. The molecule has 0 bridgehead atoms. The third-order valence-corrected chi connectivity index (χ3v) is 3.09. The van der Waals surface area contributed by atoms with Crippen molar-refractivity contribution in [1.29, 1.82) is 0 Å². The average Bonchev–Trinajstić information content (AvgIpc) is 2.68. The Balaban J connectivity index is 0.00000162. The fourth-order valence-electron chi connectivity index (χ4n) is 1.50. The summed E-state index contributed by atoms with van der Waals surface area (Å²) < 4.78 is 4.86. The zero-order valence-corrected chi connectivity index (χ0v) is 11.9. The molecule has 1 aromatic heterocycles. The van der Waals surface area contributed by atoms with Crippen molar-refractivity contribution in [1.82, 2.24) is 9.97 Å². The van der Waals surface area contributed by atoms with Gasteiger partial charge in [0.25, 0.3) is 0 Å². The summed E-state index contributed by atoms with van der Waals surface area (Å²) in [6, 6.07) is 6.02. The Morgan fingerprint density at radius 1 is 1.50 bits per heavy atom. The summed E-state index contributed by atoms with van der Waals surface area (Å²) in [4.78, 5) is 18.8. The van der Waals surface area contributed by atoms with Gasteiger partial charge in [-0.1, -0.05) is 17.8 Å². The van der Waals surface area contributed by atoms with E-state index in [1.54, 1.807) is 6.92 Å². The van der Waals surface area contributed by atoms with Crippen LogP contribution in [-0.2, 0) is 9.53 Å². The molecule has 0 aliphatic rings. The Morgan fingerprint density at radius 2 is 2.28 bits per heavy atom. The molecular weight excluding hydrogens is 272 g/mol. The van der Waals surface area contributed by atoms with Crippen molar-refractivity contribution in [2.45, 2.75) is 19.0 Å². The normalized spacial score (nSPS) is 10.1. The highest BCUT2D eigenvalue weighted by Crippen LogP contribution is 2.20. The molecule has 0 amide bonds. The van der Waals surface area contributed by atoms with E-state index >= 15 is 0 Å². The number of hydrogen-bond acceptors (Lipinski definition) is 4. The Hall–Kier alpha value is -1.20. The summed E-state index contributed by atoms with van der Waals surface area (Å²) in [5.74, 6) is 0.0706. The molecule has 0 aliphatic heterocycles. The van der Waals surface area contributed by atoms with Crippen molar-refractivity contribution in [3.05, 3.63) is 23.8 Å². The molecule has 1 N–H and O–H groups in total. The molecule has 2 rings (SSSR count). The van der Waals surface area contributed by atoms with Crippen LogP contribution in [0.3, 0.4) is 0 Å². The first-order valence-corrected chi connectivity index (χ1v) is 6.42. The van der Waals surface area contributed by atoms with Gasteiger partial charge in [0.15, 0.2) is 5.16 Å². The number of fused-ring (bicyclic) bond motifs is 1. The lowest BCUT2D eigenvalue weighted by Crippen LogP contribution is -2.06. The molecule has 0 fully saturated rings. The van der Waals surface area contributed by atoms with Crippen molar-refractivity contribution in [3.8, 4) is 0 Å². The average molecular weight is 287 g/mol. The summed E-state index contributed by atoms with van der Waals surface area (Å²) in [6.45, 7) is 4.25. The van der Waals surface area contributed by atoms with E-state index in [1.807, 2.05) is 25.1 Å². The van der Waals surface area contributed by atoms with Gasteiger partial charge >= 0.3 is 5.97 Å². The number of imidazole rings is 1. The van der Waals surface area contributed by atoms with Gasteiger partial charge in [-0.05, 0) is 31.5 Å². The van der Waals surface area contributed by atoms with E-state index in [-0.39, 0.29) is 24.1 Å². The van der Waals surface area contributed by atoms with Gasteiger partial charge in [-0.25, -0.2) is 4.98 Å². The lowest BCUT2D eigenvalue weighted by Gasteiger charge is -1.98. The third kappa shape index (κ3) is 3.65. The van der Waals surface area contributed by atoms with E-state index in [0.29, 0.717) is 6.61 Å². The summed E-state index contributed by atoms with van der Waals surface area (Å²) in [5.41, 5.74) is 3.10. The van der Waals surface area contributed by atoms with Crippen LogP contribution in [0.15, 0.2) is 23.4 Å². The van der Waals surface area contributed by atoms with E-state index in [0.717, 1.165) is 16.2 Å².